The number of aliphatic hydroxyl groups excluding tert-OH is 1. The quantitative estimate of drug-likeness (QED) is 0.624. The Labute approximate surface area is 120 Å². The van der Waals surface area contributed by atoms with Crippen LogP contribution in [0.1, 0.15) is 13.3 Å². The van der Waals surface area contributed by atoms with Gasteiger partial charge < -0.3 is 19.8 Å². The van der Waals surface area contributed by atoms with E-state index in [0.29, 0.717) is 26.1 Å². The second-order valence-electron chi connectivity index (χ2n) is 5.54. The molecular formula is C13H26N4O3. The average Bonchev–Trinajstić information content (AvgIpc) is 2.35. The van der Waals surface area contributed by atoms with Crippen LogP contribution < -0.4 is 5.32 Å². The van der Waals surface area contributed by atoms with E-state index in [-0.39, 0.29) is 24.5 Å². The van der Waals surface area contributed by atoms with E-state index in [1.807, 2.05) is 14.1 Å². The van der Waals surface area contributed by atoms with Crippen molar-refractivity contribution in [1.82, 2.24) is 20.0 Å². The zero-order valence-electron chi connectivity index (χ0n) is 12.8. The van der Waals surface area contributed by atoms with Crippen LogP contribution in [0.4, 0.5) is 0 Å². The number of piperazine rings is 1. The number of hydrogen-bond acceptors (Lipinski definition) is 5. The van der Waals surface area contributed by atoms with Crippen molar-refractivity contribution in [2.45, 2.75) is 25.6 Å². The van der Waals surface area contributed by atoms with Gasteiger partial charge in [0.1, 0.15) is 12.7 Å². The zero-order chi connectivity index (χ0) is 15.3. The van der Waals surface area contributed by atoms with Gasteiger partial charge in [0, 0.05) is 6.54 Å². The number of carbonyl (C=O) groups excluding carboxylic acids is 2. The van der Waals surface area contributed by atoms with E-state index >= 15 is 0 Å². The van der Waals surface area contributed by atoms with Gasteiger partial charge in [-0.3, -0.25) is 14.9 Å². The van der Waals surface area contributed by atoms with Crippen LogP contribution in [0.15, 0.2) is 0 Å². The van der Waals surface area contributed by atoms with Crippen molar-refractivity contribution in [2.75, 3.05) is 47.3 Å². The summed E-state index contributed by atoms with van der Waals surface area (Å²) in [4.78, 5) is 29.3. The smallest absolute Gasteiger partial charge is 0.242 e. The molecule has 7 nitrogen and oxygen atoms in total. The molecule has 0 aliphatic carbocycles. The van der Waals surface area contributed by atoms with Crippen LogP contribution in [0.3, 0.4) is 0 Å². The zero-order valence-corrected chi connectivity index (χ0v) is 12.8. The fraction of sp³-hybridized carbons (Fsp3) is 0.846. The number of amides is 2. The van der Waals surface area contributed by atoms with E-state index < -0.39 is 6.10 Å². The SMILES string of the molecule is CNC1CN(CCC(C)O)C(=O)CN1C(=O)CN(C)C. The number of aliphatic hydroxyl groups is 1. The Kier molecular flexibility index (Phi) is 6.38. The molecule has 2 atom stereocenters. The molecule has 20 heavy (non-hydrogen) atoms. The summed E-state index contributed by atoms with van der Waals surface area (Å²) in [7, 11) is 5.43. The maximum atomic E-state index is 12.1. The monoisotopic (exact) mass is 286 g/mol. The first kappa shape index (κ1) is 16.9. The van der Waals surface area contributed by atoms with Gasteiger partial charge in [-0.15, -0.1) is 0 Å². The van der Waals surface area contributed by atoms with Gasteiger partial charge in [0.2, 0.25) is 11.8 Å². The molecule has 0 aromatic heterocycles. The second-order valence-corrected chi connectivity index (χ2v) is 5.54. The Balaban J connectivity index is 2.65. The molecule has 0 spiro atoms. The van der Waals surface area contributed by atoms with Crippen molar-refractivity contribution in [3.63, 3.8) is 0 Å². The molecule has 1 fully saturated rings. The summed E-state index contributed by atoms with van der Waals surface area (Å²) in [6.45, 7) is 3.07. The standard InChI is InChI=1S/C13H26N4O3/c1-10(18)5-6-16-7-11(14-2)17(9-12(16)19)13(20)8-15(3)4/h10-11,14,18H,5-9H2,1-4H3. The van der Waals surface area contributed by atoms with Gasteiger partial charge in [-0.05, 0) is 34.5 Å². The third kappa shape index (κ3) is 4.73. The molecule has 1 saturated heterocycles. The molecule has 1 aliphatic heterocycles. The van der Waals surface area contributed by atoms with Gasteiger partial charge in [0.25, 0.3) is 0 Å². The molecular weight excluding hydrogens is 260 g/mol. The first-order chi connectivity index (χ1) is 9.35. The van der Waals surface area contributed by atoms with Gasteiger partial charge in [-0.2, -0.15) is 0 Å². The van der Waals surface area contributed by atoms with Gasteiger partial charge in [0.05, 0.1) is 19.2 Å². The Morgan fingerprint density at radius 3 is 2.70 bits per heavy atom. The lowest BCUT2D eigenvalue weighted by Crippen LogP contribution is -2.63. The van der Waals surface area contributed by atoms with Crippen LogP contribution in [0.25, 0.3) is 0 Å². The van der Waals surface area contributed by atoms with E-state index in [1.165, 1.54) is 0 Å². The maximum absolute atomic E-state index is 12.1. The molecule has 0 radical (unpaired) electrons. The fourth-order valence-corrected chi connectivity index (χ4v) is 2.19. The van der Waals surface area contributed by atoms with E-state index in [4.69, 9.17) is 0 Å². The van der Waals surface area contributed by atoms with Crippen LogP contribution >= 0.6 is 0 Å². The van der Waals surface area contributed by atoms with Crippen LogP contribution in [0, 0.1) is 0 Å². The molecule has 0 aromatic carbocycles. The molecule has 0 aromatic rings. The highest BCUT2D eigenvalue weighted by molar-refractivity contribution is 5.87. The summed E-state index contributed by atoms with van der Waals surface area (Å²) in [6.07, 6.45) is -0.0493. The molecule has 2 amide bonds. The highest BCUT2D eigenvalue weighted by Crippen LogP contribution is 2.11. The van der Waals surface area contributed by atoms with Crippen molar-refractivity contribution in [3.8, 4) is 0 Å². The van der Waals surface area contributed by atoms with Crippen LogP contribution in [-0.4, -0.2) is 91.2 Å². The predicted molar refractivity (Wildman–Crippen MR) is 76.0 cm³/mol. The largest absolute Gasteiger partial charge is 0.393 e. The first-order valence-corrected chi connectivity index (χ1v) is 6.92. The van der Waals surface area contributed by atoms with Crippen molar-refractivity contribution >= 4 is 11.8 Å². The third-order valence-corrected chi connectivity index (χ3v) is 3.35. The lowest BCUT2D eigenvalue weighted by molar-refractivity contribution is -0.150. The number of hydrogen-bond donors (Lipinski definition) is 2. The van der Waals surface area contributed by atoms with E-state index in [1.54, 1.807) is 28.7 Å². The highest BCUT2D eigenvalue weighted by atomic mass is 16.3. The number of nitrogens with one attached hydrogen (secondary N) is 1. The maximum Gasteiger partial charge on any atom is 0.242 e. The summed E-state index contributed by atoms with van der Waals surface area (Å²) in [6, 6.07) is 0. The number of rotatable bonds is 6. The van der Waals surface area contributed by atoms with Crippen LogP contribution in [-0.2, 0) is 9.59 Å². The topological polar surface area (TPSA) is 76.1 Å². The Hall–Kier alpha value is -1.18. The minimum atomic E-state index is -0.427. The summed E-state index contributed by atoms with van der Waals surface area (Å²) >= 11 is 0. The third-order valence-electron chi connectivity index (χ3n) is 3.35. The summed E-state index contributed by atoms with van der Waals surface area (Å²) in [5.74, 6) is -0.123. The minimum Gasteiger partial charge on any atom is -0.393 e. The fourth-order valence-electron chi connectivity index (χ4n) is 2.19. The molecule has 2 N–H and O–H groups in total. The van der Waals surface area contributed by atoms with E-state index in [9.17, 15) is 14.7 Å². The average molecular weight is 286 g/mol. The van der Waals surface area contributed by atoms with Gasteiger partial charge in [-0.25, -0.2) is 0 Å². The van der Waals surface area contributed by atoms with Crippen molar-refractivity contribution < 1.29 is 14.7 Å². The molecule has 1 heterocycles. The minimum absolute atomic E-state index is 0.0575. The summed E-state index contributed by atoms with van der Waals surface area (Å²) in [5, 5.41) is 12.4. The first-order valence-electron chi connectivity index (χ1n) is 6.92. The van der Waals surface area contributed by atoms with Crippen molar-refractivity contribution in [3.05, 3.63) is 0 Å². The highest BCUT2D eigenvalue weighted by Gasteiger charge is 2.33. The van der Waals surface area contributed by atoms with Crippen molar-refractivity contribution in [1.29, 1.82) is 0 Å². The predicted octanol–water partition coefficient (Wildman–Crippen LogP) is -1.46. The van der Waals surface area contributed by atoms with Gasteiger partial charge in [0.15, 0.2) is 0 Å². The Morgan fingerprint density at radius 2 is 2.20 bits per heavy atom. The molecule has 0 saturated carbocycles. The normalized spacial score (nSPS) is 21.5. The lowest BCUT2D eigenvalue weighted by Gasteiger charge is -2.41. The van der Waals surface area contributed by atoms with Crippen LogP contribution in [0.5, 0.6) is 0 Å². The van der Waals surface area contributed by atoms with E-state index in [2.05, 4.69) is 5.32 Å². The van der Waals surface area contributed by atoms with Gasteiger partial charge >= 0.3 is 0 Å². The summed E-state index contributed by atoms with van der Waals surface area (Å²) in [5.41, 5.74) is 0. The lowest BCUT2D eigenvalue weighted by atomic mass is 10.2. The number of likely N-dealkylation sites (N-methyl/N-ethyl adjacent to an activating group) is 2. The Morgan fingerprint density at radius 1 is 1.55 bits per heavy atom. The summed E-state index contributed by atoms with van der Waals surface area (Å²) < 4.78 is 0. The molecule has 1 rings (SSSR count). The molecule has 7 heteroatoms. The van der Waals surface area contributed by atoms with Crippen LogP contribution in [0.2, 0.25) is 0 Å². The Bertz CT molecular complexity index is 347. The molecule has 2 unspecified atom stereocenters. The van der Waals surface area contributed by atoms with E-state index in [0.717, 1.165) is 0 Å². The molecule has 0 bridgehead atoms. The van der Waals surface area contributed by atoms with Gasteiger partial charge in [-0.1, -0.05) is 0 Å². The second kappa shape index (κ2) is 7.56. The molecule has 116 valence electrons. The molecule has 1 aliphatic rings. The van der Waals surface area contributed by atoms with Crippen molar-refractivity contribution in [2.24, 2.45) is 0 Å². The number of carbonyl (C=O) groups is 2. The number of nitrogens with zero attached hydrogens (tertiary/aromatic N) is 3.